The van der Waals surface area contributed by atoms with Crippen molar-refractivity contribution in [3.05, 3.63) is 94.0 Å². The largest absolute Gasteiger partial charge is 0.354 e. The van der Waals surface area contributed by atoms with E-state index in [-0.39, 0.29) is 23.3 Å². The summed E-state index contributed by atoms with van der Waals surface area (Å²) < 4.78 is 29.2. The molecule has 0 saturated carbocycles. The lowest BCUT2D eigenvalue weighted by atomic mass is 10.1. The topological polar surface area (TPSA) is 86.8 Å². The van der Waals surface area contributed by atoms with Crippen LogP contribution in [0.5, 0.6) is 0 Å². The van der Waals surface area contributed by atoms with Crippen LogP contribution >= 0.6 is 11.6 Å². The Bertz CT molecular complexity index is 1460. The summed E-state index contributed by atoms with van der Waals surface area (Å²) in [5, 5.41) is 3.39. The van der Waals surface area contributed by atoms with Crippen molar-refractivity contribution in [1.82, 2.24) is 10.2 Å². The highest BCUT2D eigenvalue weighted by Crippen LogP contribution is 2.29. The Kier molecular flexibility index (Phi) is 10.4. The van der Waals surface area contributed by atoms with Gasteiger partial charge in [0.1, 0.15) is 12.6 Å². The number of nitrogens with zero attached hydrogens (tertiary/aromatic N) is 2. The lowest BCUT2D eigenvalue weighted by Gasteiger charge is -2.32. The number of hydrogen-bond donors (Lipinski definition) is 1. The maximum Gasteiger partial charge on any atom is 0.264 e. The van der Waals surface area contributed by atoms with Crippen molar-refractivity contribution in [1.29, 1.82) is 0 Å². The molecule has 0 fully saturated rings. The number of nitrogens with one attached hydrogen (secondary N) is 1. The summed E-state index contributed by atoms with van der Waals surface area (Å²) in [7, 11) is -4.12. The number of amides is 2. The van der Waals surface area contributed by atoms with Crippen molar-refractivity contribution in [2.24, 2.45) is 5.92 Å². The lowest BCUT2D eigenvalue weighted by Crippen LogP contribution is -2.51. The van der Waals surface area contributed by atoms with E-state index < -0.39 is 28.5 Å². The second-order valence-electron chi connectivity index (χ2n) is 10.5. The fraction of sp³-hybridized carbons (Fsp3) is 0.355. The number of carbonyl (C=O) groups excluding carboxylic acids is 2. The van der Waals surface area contributed by atoms with Crippen LogP contribution < -0.4 is 9.62 Å². The Morgan fingerprint density at radius 2 is 1.57 bits per heavy atom. The SMILES string of the molecule is Cc1ccc(S(=O)(=O)N(CC(=O)N(Cc2cccc(Cl)c2)C(C)C(=O)NCC(C)C)c2cccc(C)c2C)cc1. The second kappa shape index (κ2) is 13.3. The average Bonchev–Trinajstić information content (AvgIpc) is 2.90. The van der Waals surface area contributed by atoms with Crippen LogP contribution in [-0.4, -0.2) is 44.3 Å². The van der Waals surface area contributed by atoms with Gasteiger partial charge in [-0.05, 0) is 80.6 Å². The molecule has 0 saturated heterocycles. The van der Waals surface area contributed by atoms with Crippen LogP contribution in [0.2, 0.25) is 5.02 Å². The molecule has 214 valence electrons. The number of sulfonamides is 1. The fourth-order valence-electron chi connectivity index (χ4n) is 4.22. The van der Waals surface area contributed by atoms with E-state index in [0.717, 1.165) is 26.6 Å². The Morgan fingerprint density at radius 3 is 2.20 bits per heavy atom. The molecular formula is C31H38ClN3O4S. The third-order valence-corrected chi connectivity index (χ3v) is 8.84. The molecule has 0 spiro atoms. The molecule has 3 rings (SSSR count). The molecule has 3 aromatic carbocycles. The van der Waals surface area contributed by atoms with Crippen molar-refractivity contribution < 1.29 is 18.0 Å². The summed E-state index contributed by atoms with van der Waals surface area (Å²) in [5.74, 6) is -0.597. The molecule has 0 radical (unpaired) electrons. The van der Waals surface area contributed by atoms with Gasteiger partial charge in [-0.15, -0.1) is 0 Å². The smallest absolute Gasteiger partial charge is 0.264 e. The van der Waals surface area contributed by atoms with Gasteiger partial charge >= 0.3 is 0 Å². The van der Waals surface area contributed by atoms with Gasteiger partial charge in [0.2, 0.25) is 11.8 Å². The summed E-state index contributed by atoms with van der Waals surface area (Å²) in [6.07, 6.45) is 0. The first kappa shape index (κ1) is 31.2. The van der Waals surface area contributed by atoms with Crippen molar-refractivity contribution in [2.75, 3.05) is 17.4 Å². The zero-order chi connectivity index (χ0) is 29.6. The summed E-state index contributed by atoms with van der Waals surface area (Å²) in [4.78, 5) is 28.6. The minimum atomic E-state index is -4.12. The van der Waals surface area contributed by atoms with Gasteiger partial charge in [0.25, 0.3) is 10.0 Å². The molecule has 0 aliphatic heterocycles. The predicted molar refractivity (Wildman–Crippen MR) is 161 cm³/mol. The van der Waals surface area contributed by atoms with E-state index in [1.807, 2.05) is 46.8 Å². The van der Waals surface area contributed by atoms with Crippen molar-refractivity contribution in [3.8, 4) is 0 Å². The third kappa shape index (κ3) is 7.64. The van der Waals surface area contributed by atoms with E-state index in [0.29, 0.717) is 17.3 Å². The molecule has 0 aliphatic carbocycles. The van der Waals surface area contributed by atoms with Crippen LogP contribution in [0.1, 0.15) is 43.0 Å². The Labute approximate surface area is 243 Å². The van der Waals surface area contributed by atoms with Gasteiger partial charge in [-0.1, -0.05) is 67.4 Å². The Morgan fingerprint density at radius 1 is 0.925 bits per heavy atom. The van der Waals surface area contributed by atoms with E-state index in [2.05, 4.69) is 5.32 Å². The molecule has 0 heterocycles. The van der Waals surface area contributed by atoms with Crippen LogP contribution in [0.4, 0.5) is 5.69 Å². The first-order valence-electron chi connectivity index (χ1n) is 13.3. The first-order chi connectivity index (χ1) is 18.8. The van der Waals surface area contributed by atoms with Gasteiger partial charge in [-0.25, -0.2) is 8.42 Å². The van der Waals surface area contributed by atoms with Gasteiger partial charge in [0.15, 0.2) is 0 Å². The van der Waals surface area contributed by atoms with Crippen LogP contribution in [0, 0.1) is 26.7 Å². The molecule has 0 aliphatic rings. The highest BCUT2D eigenvalue weighted by Gasteiger charge is 2.33. The molecule has 3 aromatic rings. The maximum atomic E-state index is 14.0. The number of carbonyl (C=O) groups is 2. The van der Waals surface area contributed by atoms with Gasteiger partial charge in [0.05, 0.1) is 10.6 Å². The summed E-state index contributed by atoms with van der Waals surface area (Å²) in [5.41, 5.74) is 3.70. The van der Waals surface area contributed by atoms with E-state index >= 15 is 0 Å². The number of benzene rings is 3. The Hall–Kier alpha value is -3.36. The number of halogens is 1. The molecule has 0 aromatic heterocycles. The molecule has 0 bridgehead atoms. The Balaban J connectivity index is 2.06. The van der Waals surface area contributed by atoms with Crippen LogP contribution in [0.15, 0.2) is 71.6 Å². The number of aryl methyl sites for hydroxylation is 2. The average molecular weight is 584 g/mol. The first-order valence-corrected chi connectivity index (χ1v) is 15.1. The van der Waals surface area contributed by atoms with Gasteiger partial charge in [-0.2, -0.15) is 0 Å². The molecule has 2 amide bonds. The van der Waals surface area contributed by atoms with Gasteiger partial charge < -0.3 is 10.2 Å². The number of hydrogen-bond acceptors (Lipinski definition) is 4. The van der Waals surface area contributed by atoms with Gasteiger partial charge in [0, 0.05) is 18.1 Å². The lowest BCUT2D eigenvalue weighted by molar-refractivity contribution is -0.139. The third-order valence-electron chi connectivity index (χ3n) is 6.83. The molecule has 7 nitrogen and oxygen atoms in total. The number of rotatable bonds is 11. The summed E-state index contributed by atoms with van der Waals surface area (Å²) >= 11 is 6.20. The minimum absolute atomic E-state index is 0.0796. The van der Waals surface area contributed by atoms with Crippen molar-refractivity contribution in [2.45, 2.75) is 59.0 Å². The second-order valence-corrected chi connectivity index (χ2v) is 12.8. The van der Waals surface area contributed by atoms with Crippen molar-refractivity contribution in [3.63, 3.8) is 0 Å². The van der Waals surface area contributed by atoms with Gasteiger partial charge in [-0.3, -0.25) is 13.9 Å². The zero-order valence-electron chi connectivity index (χ0n) is 23.9. The highest BCUT2D eigenvalue weighted by atomic mass is 35.5. The monoisotopic (exact) mass is 583 g/mol. The molecular weight excluding hydrogens is 546 g/mol. The van der Waals surface area contributed by atoms with Crippen molar-refractivity contribution >= 4 is 39.1 Å². The van der Waals surface area contributed by atoms with E-state index in [4.69, 9.17) is 11.6 Å². The molecule has 40 heavy (non-hydrogen) atoms. The summed E-state index contributed by atoms with van der Waals surface area (Å²) in [6, 6.07) is 18.1. The normalized spacial score (nSPS) is 12.2. The predicted octanol–water partition coefficient (Wildman–Crippen LogP) is 5.65. The van der Waals surface area contributed by atoms with Crippen LogP contribution in [-0.2, 0) is 26.2 Å². The number of anilines is 1. The molecule has 1 unspecified atom stereocenters. The molecule has 1 N–H and O–H groups in total. The molecule has 1 atom stereocenters. The summed E-state index contributed by atoms with van der Waals surface area (Å²) in [6.45, 7) is 11.3. The standard InChI is InChI=1S/C31H38ClN3O4S/c1-21(2)18-33-31(37)25(6)34(19-26-10-8-11-27(32)17-26)30(36)20-35(29-12-7-9-23(4)24(29)5)40(38,39)28-15-13-22(3)14-16-28/h7-17,21,25H,18-20H2,1-6H3,(H,33,37). The van der Waals surface area contributed by atoms with E-state index in [1.165, 1.54) is 4.90 Å². The quantitative estimate of drug-likeness (QED) is 0.316. The fourth-order valence-corrected chi connectivity index (χ4v) is 5.91. The minimum Gasteiger partial charge on any atom is -0.354 e. The van der Waals surface area contributed by atoms with Crippen LogP contribution in [0.3, 0.4) is 0 Å². The highest BCUT2D eigenvalue weighted by molar-refractivity contribution is 7.92. The maximum absolute atomic E-state index is 14.0. The van der Waals surface area contributed by atoms with E-state index in [1.54, 1.807) is 61.5 Å². The molecule has 9 heteroatoms. The zero-order valence-corrected chi connectivity index (χ0v) is 25.5. The van der Waals surface area contributed by atoms with Crippen LogP contribution in [0.25, 0.3) is 0 Å². The van der Waals surface area contributed by atoms with E-state index in [9.17, 15) is 18.0 Å².